The third-order valence-corrected chi connectivity index (χ3v) is 3.96. The molecule has 0 aromatic heterocycles. The monoisotopic (exact) mass is 296 g/mol. The fraction of sp³-hybridized carbons (Fsp3) is 0.222. The van der Waals surface area contributed by atoms with Crippen LogP contribution in [0.3, 0.4) is 0 Å². The van der Waals surface area contributed by atoms with Gasteiger partial charge < -0.3 is 9.84 Å². The Morgan fingerprint density at radius 3 is 2.68 bits per heavy atom. The molecule has 3 rings (SSSR count). The summed E-state index contributed by atoms with van der Waals surface area (Å²) in [5.74, 6) is -0.495. The lowest BCUT2D eigenvalue weighted by Gasteiger charge is -2.12. The minimum Gasteiger partial charge on any atom is -0.481 e. The minimum absolute atomic E-state index is 0.0196. The van der Waals surface area contributed by atoms with Crippen LogP contribution in [0.15, 0.2) is 36.4 Å². The highest BCUT2D eigenvalue weighted by Gasteiger charge is 2.23. The van der Waals surface area contributed by atoms with E-state index in [4.69, 9.17) is 9.84 Å². The molecule has 1 aliphatic rings. The molecule has 1 heterocycles. The van der Waals surface area contributed by atoms with Crippen LogP contribution in [0.4, 0.5) is 0 Å². The molecular weight excluding hydrogens is 280 g/mol. The van der Waals surface area contributed by atoms with E-state index in [1.807, 2.05) is 25.1 Å². The van der Waals surface area contributed by atoms with Gasteiger partial charge in [-0.05, 0) is 37.6 Å². The van der Waals surface area contributed by atoms with Gasteiger partial charge in [0.15, 0.2) is 5.78 Å². The average Bonchev–Trinajstić information content (AvgIpc) is 2.61. The summed E-state index contributed by atoms with van der Waals surface area (Å²) in [6.07, 6.45) is 0.290. The Morgan fingerprint density at radius 2 is 1.95 bits per heavy atom. The van der Waals surface area contributed by atoms with E-state index in [9.17, 15) is 9.59 Å². The van der Waals surface area contributed by atoms with E-state index in [0.29, 0.717) is 22.6 Å². The quantitative estimate of drug-likeness (QED) is 0.917. The van der Waals surface area contributed by atoms with Gasteiger partial charge in [0, 0.05) is 12.0 Å². The van der Waals surface area contributed by atoms with E-state index in [-0.39, 0.29) is 12.2 Å². The van der Waals surface area contributed by atoms with Crippen molar-refractivity contribution in [3.8, 4) is 11.5 Å². The topological polar surface area (TPSA) is 63.6 Å². The molecule has 1 aliphatic heterocycles. The number of ether oxygens (including phenoxy) is 1. The number of aryl methyl sites for hydroxylation is 1. The third kappa shape index (κ3) is 2.48. The fourth-order valence-corrected chi connectivity index (χ4v) is 2.60. The molecule has 0 saturated heterocycles. The molecule has 0 amide bonds. The molecule has 1 atom stereocenters. The van der Waals surface area contributed by atoms with E-state index in [1.54, 1.807) is 25.1 Å². The summed E-state index contributed by atoms with van der Waals surface area (Å²) in [4.78, 5) is 23.5. The van der Waals surface area contributed by atoms with Crippen molar-refractivity contribution in [3.05, 3.63) is 58.7 Å². The molecule has 0 aliphatic carbocycles. The number of rotatable bonds is 2. The first-order valence-electron chi connectivity index (χ1n) is 7.13. The van der Waals surface area contributed by atoms with E-state index >= 15 is 0 Å². The number of carbonyl (C=O) groups is 2. The number of hydrogen-bond donors (Lipinski definition) is 1. The molecule has 2 aromatic carbocycles. The molecule has 1 N–H and O–H groups in total. The lowest BCUT2D eigenvalue weighted by Crippen LogP contribution is -2.08. The number of hydrogen-bond acceptors (Lipinski definition) is 3. The first kappa shape index (κ1) is 14.3. The molecule has 112 valence electrons. The molecule has 0 saturated carbocycles. The predicted molar refractivity (Wildman–Crippen MR) is 81.8 cm³/mol. The molecule has 22 heavy (non-hydrogen) atoms. The van der Waals surface area contributed by atoms with Crippen molar-refractivity contribution in [1.29, 1.82) is 0 Å². The Bertz CT molecular complexity index is 777. The normalized spacial score (nSPS) is 14.4. The highest BCUT2D eigenvalue weighted by molar-refractivity contribution is 6.01. The van der Waals surface area contributed by atoms with Crippen molar-refractivity contribution in [2.24, 2.45) is 0 Å². The number of fused-ring (bicyclic) bond motifs is 2. The summed E-state index contributed by atoms with van der Waals surface area (Å²) in [5, 5.41) is 9.13. The van der Waals surface area contributed by atoms with Crippen molar-refractivity contribution in [3.63, 3.8) is 0 Å². The van der Waals surface area contributed by atoms with Crippen molar-refractivity contribution in [1.82, 2.24) is 0 Å². The van der Waals surface area contributed by atoms with E-state index < -0.39 is 11.9 Å². The molecule has 4 heteroatoms. The second kappa shape index (κ2) is 5.30. The van der Waals surface area contributed by atoms with Gasteiger partial charge in [-0.15, -0.1) is 0 Å². The van der Waals surface area contributed by atoms with Crippen LogP contribution in [0.1, 0.15) is 39.9 Å². The number of benzene rings is 2. The van der Waals surface area contributed by atoms with Crippen LogP contribution in [0.2, 0.25) is 0 Å². The van der Waals surface area contributed by atoms with Gasteiger partial charge >= 0.3 is 5.97 Å². The summed E-state index contributed by atoms with van der Waals surface area (Å²) in [6.45, 7) is 3.58. The smallest absolute Gasteiger partial charge is 0.310 e. The van der Waals surface area contributed by atoms with Gasteiger partial charge in [0.05, 0.1) is 11.5 Å². The standard InChI is InChI=1S/C18H16O4/c1-10-3-6-16-13(7-10)8-15(19)14-5-4-12(9-17(14)22-16)11(2)18(20)21/h3-7,9,11H,8H2,1-2H3,(H,20,21). The van der Waals surface area contributed by atoms with Crippen LogP contribution in [0.5, 0.6) is 11.5 Å². The van der Waals surface area contributed by atoms with Gasteiger partial charge in [0.2, 0.25) is 0 Å². The molecule has 2 aromatic rings. The van der Waals surface area contributed by atoms with Crippen LogP contribution in [-0.4, -0.2) is 16.9 Å². The Balaban J connectivity index is 2.08. The second-order valence-corrected chi connectivity index (χ2v) is 5.63. The van der Waals surface area contributed by atoms with Crippen molar-refractivity contribution in [2.75, 3.05) is 0 Å². The number of Topliss-reactive ketones (excluding diaryl/α,β-unsaturated/α-hetero) is 1. The fourth-order valence-electron chi connectivity index (χ4n) is 2.60. The van der Waals surface area contributed by atoms with Gasteiger partial charge in [0.25, 0.3) is 0 Å². The summed E-state index contributed by atoms with van der Waals surface area (Å²) < 4.78 is 5.88. The first-order valence-corrected chi connectivity index (χ1v) is 7.13. The van der Waals surface area contributed by atoms with Crippen molar-refractivity contribution >= 4 is 11.8 Å². The Morgan fingerprint density at radius 1 is 1.18 bits per heavy atom. The first-order chi connectivity index (χ1) is 10.5. The number of carboxylic acid groups (broad SMARTS) is 1. The van der Waals surface area contributed by atoms with Crippen molar-refractivity contribution in [2.45, 2.75) is 26.2 Å². The molecule has 4 nitrogen and oxygen atoms in total. The molecule has 0 radical (unpaired) electrons. The highest BCUT2D eigenvalue weighted by Crippen LogP contribution is 2.35. The summed E-state index contributed by atoms with van der Waals surface area (Å²) in [6, 6.07) is 10.7. The lowest BCUT2D eigenvalue weighted by molar-refractivity contribution is -0.138. The maximum atomic E-state index is 12.4. The zero-order valence-electron chi connectivity index (χ0n) is 12.4. The van der Waals surface area contributed by atoms with E-state index in [2.05, 4.69) is 0 Å². The predicted octanol–water partition coefficient (Wildman–Crippen LogP) is 3.71. The van der Waals surface area contributed by atoms with E-state index in [1.165, 1.54) is 0 Å². The third-order valence-electron chi connectivity index (χ3n) is 3.96. The number of ketones is 1. The minimum atomic E-state index is -0.907. The second-order valence-electron chi connectivity index (χ2n) is 5.63. The van der Waals surface area contributed by atoms with Crippen LogP contribution in [0, 0.1) is 6.92 Å². The van der Waals surface area contributed by atoms with Crippen LogP contribution in [0.25, 0.3) is 0 Å². The number of carboxylic acids is 1. The molecule has 0 bridgehead atoms. The molecule has 0 spiro atoms. The lowest BCUT2D eigenvalue weighted by atomic mass is 9.96. The van der Waals surface area contributed by atoms with Crippen molar-refractivity contribution < 1.29 is 19.4 Å². The van der Waals surface area contributed by atoms with Gasteiger partial charge in [0.1, 0.15) is 11.5 Å². The SMILES string of the molecule is Cc1ccc2c(c1)CC(=O)c1ccc(C(C)C(=O)O)cc1O2. The average molecular weight is 296 g/mol. The Labute approximate surface area is 128 Å². The van der Waals surface area contributed by atoms with Gasteiger partial charge in [-0.2, -0.15) is 0 Å². The Hall–Kier alpha value is -2.62. The van der Waals surface area contributed by atoms with Gasteiger partial charge in [-0.1, -0.05) is 23.8 Å². The van der Waals surface area contributed by atoms with Crippen LogP contribution in [-0.2, 0) is 11.2 Å². The van der Waals surface area contributed by atoms with E-state index in [0.717, 1.165) is 11.1 Å². The summed E-state index contributed by atoms with van der Waals surface area (Å²) in [7, 11) is 0. The summed E-state index contributed by atoms with van der Waals surface area (Å²) >= 11 is 0. The molecular formula is C18H16O4. The largest absolute Gasteiger partial charge is 0.481 e. The van der Waals surface area contributed by atoms with Crippen LogP contribution >= 0.6 is 0 Å². The number of carbonyl (C=O) groups excluding carboxylic acids is 1. The Kier molecular flexibility index (Phi) is 3.45. The zero-order valence-corrected chi connectivity index (χ0v) is 12.4. The zero-order chi connectivity index (χ0) is 15.9. The maximum Gasteiger partial charge on any atom is 0.310 e. The van der Waals surface area contributed by atoms with Gasteiger partial charge in [-0.25, -0.2) is 0 Å². The maximum absolute atomic E-state index is 12.4. The summed E-state index contributed by atoms with van der Waals surface area (Å²) in [5.41, 5.74) is 3.04. The number of aliphatic carboxylic acids is 1. The van der Waals surface area contributed by atoms with Crippen LogP contribution < -0.4 is 4.74 Å². The van der Waals surface area contributed by atoms with Gasteiger partial charge in [-0.3, -0.25) is 9.59 Å². The molecule has 0 fully saturated rings. The molecule has 1 unspecified atom stereocenters. The highest BCUT2D eigenvalue weighted by atomic mass is 16.5.